The molecule has 0 radical (unpaired) electrons. The molecule has 0 aliphatic rings. The van der Waals surface area contributed by atoms with Crippen LogP contribution in [0.5, 0.6) is 0 Å². The molecule has 0 saturated carbocycles. The summed E-state index contributed by atoms with van der Waals surface area (Å²) < 4.78 is 1.57. The highest BCUT2D eigenvalue weighted by atomic mass is 16.3. The van der Waals surface area contributed by atoms with Gasteiger partial charge in [0.25, 0.3) is 0 Å². The first-order chi connectivity index (χ1) is 10.7. The molecule has 0 aromatic carbocycles. The highest BCUT2D eigenvalue weighted by Gasteiger charge is 2.21. The maximum atomic E-state index is 12.1. The number of aromatic nitrogens is 4. The molecular weight excluding hydrogens is 282 g/mol. The van der Waals surface area contributed by atoms with Crippen LogP contribution in [0.4, 0.5) is 5.82 Å². The minimum absolute atomic E-state index is 0.0510. The number of hydrogen-bond acceptors (Lipinski definition) is 5. The summed E-state index contributed by atoms with van der Waals surface area (Å²) in [6.07, 6.45) is 3.42. The van der Waals surface area contributed by atoms with Crippen LogP contribution in [0.3, 0.4) is 0 Å². The van der Waals surface area contributed by atoms with E-state index in [1.165, 1.54) is 0 Å². The molecule has 0 atom stereocenters. The highest BCUT2D eigenvalue weighted by molar-refractivity contribution is 5.89. The highest BCUT2D eigenvalue weighted by Crippen LogP contribution is 2.25. The molecule has 0 bridgehead atoms. The van der Waals surface area contributed by atoms with Crippen molar-refractivity contribution >= 4 is 11.7 Å². The molecule has 2 aromatic heterocycles. The largest absolute Gasteiger partial charge is 0.390 e. The Balaban J connectivity index is 2.15. The predicted octanol–water partition coefficient (Wildman–Crippen LogP) is 1.71. The van der Waals surface area contributed by atoms with Gasteiger partial charge in [0.15, 0.2) is 0 Å². The molecule has 0 aliphatic heterocycles. The van der Waals surface area contributed by atoms with E-state index in [1.807, 2.05) is 0 Å². The van der Waals surface area contributed by atoms with Gasteiger partial charge in [-0.1, -0.05) is 25.1 Å². The summed E-state index contributed by atoms with van der Waals surface area (Å²) in [5, 5.41) is 20.1. The van der Waals surface area contributed by atoms with Crippen molar-refractivity contribution in [2.75, 3.05) is 5.32 Å². The summed E-state index contributed by atoms with van der Waals surface area (Å²) in [7, 11) is 0. The molecule has 2 rings (SSSR count). The van der Waals surface area contributed by atoms with Gasteiger partial charge in [0.2, 0.25) is 5.91 Å². The zero-order chi connectivity index (χ0) is 15.9. The average molecular weight is 303 g/mol. The lowest BCUT2D eigenvalue weighted by molar-refractivity contribution is -0.117. The number of anilines is 1. The Hall–Kier alpha value is -2.28. The molecule has 118 valence electrons. The summed E-state index contributed by atoms with van der Waals surface area (Å²) in [5.41, 5.74) is 1.38. The van der Waals surface area contributed by atoms with Crippen LogP contribution in [0, 0.1) is 0 Å². The number of carbonyl (C=O) groups excluding carboxylic acids is 1. The van der Waals surface area contributed by atoms with Gasteiger partial charge in [-0.05, 0) is 25.0 Å². The van der Waals surface area contributed by atoms with Gasteiger partial charge in [0.1, 0.15) is 18.1 Å². The second-order valence-corrected chi connectivity index (χ2v) is 5.01. The van der Waals surface area contributed by atoms with E-state index in [0.717, 1.165) is 18.5 Å². The van der Waals surface area contributed by atoms with E-state index in [2.05, 4.69) is 34.5 Å². The maximum absolute atomic E-state index is 12.1. The third kappa shape index (κ3) is 3.67. The van der Waals surface area contributed by atoms with Gasteiger partial charge in [0.05, 0.1) is 12.3 Å². The average Bonchev–Trinajstić information content (AvgIpc) is 2.92. The van der Waals surface area contributed by atoms with Crippen molar-refractivity contribution < 1.29 is 9.90 Å². The van der Waals surface area contributed by atoms with Crippen LogP contribution in [0.15, 0.2) is 24.4 Å². The number of hydrogen-bond donors (Lipinski definition) is 2. The third-order valence-corrected chi connectivity index (χ3v) is 3.59. The van der Waals surface area contributed by atoms with E-state index >= 15 is 0 Å². The fourth-order valence-corrected chi connectivity index (χ4v) is 2.46. The lowest BCUT2D eigenvalue weighted by Gasteiger charge is -2.15. The first-order valence-corrected chi connectivity index (χ1v) is 7.43. The van der Waals surface area contributed by atoms with E-state index in [1.54, 1.807) is 29.1 Å². The van der Waals surface area contributed by atoms with Crippen molar-refractivity contribution in [2.45, 2.75) is 45.8 Å². The van der Waals surface area contributed by atoms with Crippen molar-refractivity contribution in [1.29, 1.82) is 0 Å². The maximum Gasteiger partial charge on any atom is 0.247 e. The van der Waals surface area contributed by atoms with Crippen molar-refractivity contribution in [1.82, 2.24) is 20.0 Å². The lowest BCUT2D eigenvalue weighted by Crippen LogP contribution is -2.22. The molecule has 7 nitrogen and oxygen atoms in total. The topological polar surface area (TPSA) is 92.9 Å². The molecule has 0 unspecified atom stereocenters. The van der Waals surface area contributed by atoms with Gasteiger partial charge in [-0.25, -0.2) is 9.67 Å². The van der Waals surface area contributed by atoms with Gasteiger partial charge >= 0.3 is 0 Å². The van der Waals surface area contributed by atoms with E-state index in [4.69, 9.17) is 0 Å². The number of amides is 1. The quantitative estimate of drug-likeness (QED) is 0.812. The molecule has 0 fully saturated rings. The summed E-state index contributed by atoms with van der Waals surface area (Å²) in [4.78, 5) is 16.2. The molecular formula is C15H21N5O2. The minimum atomic E-state index is -0.222. The predicted molar refractivity (Wildman–Crippen MR) is 82.1 cm³/mol. The Morgan fingerprint density at radius 2 is 2.14 bits per heavy atom. The molecule has 7 heteroatoms. The van der Waals surface area contributed by atoms with Crippen LogP contribution >= 0.6 is 0 Å². The minimum Gasteiger partial charge on any atom is -0.390 e. The Morgan fingerprint density at radius 1 is 1.36 bits per heavy atom. The van der Waals surface area contributed by atoms with Gasteiger partial charge in [-0.15, -0.1) is 5.10 Å². The van der Waals surface area contributed by atoms with Crippen molar-refractivity contribution in [3.8, 4) is 0 Å². The fraction of sp³-hybridized carbons (Fsp3) is 0.467. The van der Waals surface area contributed by atoms with Crippen molar-refractivity contribution in [3.63, 3.8) is 0 Å². The molecule has 22 heavy (non-hydrogen) atoms. The van der Waals surface area contributed by atoms with Gasteiger partial charge in [-0.2, -0.15) is 0 Å². The zero-order valence-corrected chi connectivity index (χ0v) is 12.9. The standard InChI is InChI=1S/C15H21N5O2/c1-3-11(4-2)15-12(10-21)18-19-20(15)9-14(22)17-13-7-5-6-8-16-13/h5-8,11,21H,3-4,9-10H2,1-2H3,(H,16,17,22). The zero-order valence-electron chi connectivity index (χ0n) is 12.9. The number of rotatable bonds is 7. The molecule has 1 amide bonds. The Morgan fingerprint density at radius 3 is 2.73 bits per heavy atom. The number of carbonyl (C=O) groups is 1. The Labute approximate surface area is 129 Å². The Kier molecular flexibility index (Phi) is 5.60. The number of nitrogens with zero attached hydrogens (tertiary/aromatic N) is 4. The van der Waals surface area contributed by atoms with Crippen LogP contribution in [0.1, 0.15) is 44.0 Å². The van der Waals surface area contributed by atoms with E-state index in [-0.39, 0.29) is 25.0 Å². The second kappa shape index (κ2) is 7.65. The summed E-state index contributed by atoms with van der Waals surface area (Å²) in [5.74, 6) is 0.499. The van der Waals surface area contributed by atoms with Crippen LogP contribution in [-0.2, 0) is 17.9 Å². The molecule has 0 spiro atoms. The first-order valence-electron chi connectivity index (χ1n) is 7.43. The Bertz CT molecular complexity index is 608. The molecule has 2 aromatic rings. The normalized spacial score (nSPS) is 10.9. The van der Waals surface area contributed by atoms with Crippen LogP contribution < -0.4 is 5.32 Å². The van der Waals surface area contributed by atoms with E-state index in [0.29, 0.717) is 11.5 Å². The van der Waals surface area contributed by atoms with Gasteiger partial charge < -0.3 is 10.4 Å². The molecule has 2 N–H and O–H groups in total. The number of nitrogens with one attached hydrogen (secondary N) is 1. The van der Waals surface area contributed by atoms with Crippen LogP contribution in [0.25, 0.3) is 0 Å². The number of aliphatic hydroxyl groups is 1. The summed E-state index contributed by atoms with van der Waals surface area (Å²) in [6, 6.07) is 5.31. The van der Waals surface area contributed by atoms with Crippen molar-refractivity contribution in [3.05, 3.63) is 35.8 Å². The summed E-state index contributed by atoms with van der Waals surface area (Å²) >= 11 is 0. The fourth-order valence-electron chi connectivity index (χ4n) is 2.46. The van der Waals surface area contributed by atoms with E-state index in [9.17, 15) is 9.90 Å². The first kappa shape index (κ1) is 16.1. The van der Waals surface area contributed by atoms with Gasteiger partial charge in [-0.3, -0.25) is 4.79 Å². The van der Waals surface area contributed by atoms with Crippen LogP contribution in [0.2, 0.25) is 0 Å². The molecule has 2 heterocycles. The smallest absolute Gasteiger partial charge is 0.247 e. The number of pyridine rings is 1. The molecule has 0 saturated heterocycles. The van der Waals surface area contributed by atoms with Gasteiger partial charge in [0, 0.05) is 12.1 Å². The third-order valence-electron chi connectivity index (χ3n) is 3.59. The lowest BCUT2D eigenvalue weighted by atomic mass is 9.97. The van der Waals surface area contributed by atoms with E-state index < -0.39 is 0 Å². The second-order valence-electron chi connectivity index (χ2n) is 5.01. The van der Waals surface area contributed by atoms with Crippen molar-refractivity contribution in [2.24, 2.45) is 0 Å². The number of aliphatic hydroxyl groups excluding tert-OH is 1. The molecule has 0 aliphatic carbocycles. The summed E-state index contributed by atoms with van der Waals surface area (Å²) in [6.45, 7) is 4.02. The monoisotopic (exact) mass is 303 g/mol. The van der Waals surface area contributed by atoms with Crippen LogP contribution in [-0.4, -0.2) is 31.0 Å². The SMILES string of the molecule is CCC(CC)c1c(CO)nnn1CC(=O)Nc1ccccn1.